The number of hydrogen-bond donors (Lipinski definition) is 0. The van der Waals surface area contributed by atoms with E-state index in [2.05, 4.69) is 42.2 Å². The van der Waals surface area contributed by atoms with Gasteiger partial charge in [0.05, 0.1) is 25.2 Å². The lowest BCUT2D eigenvalue weighted by Gasteiger charge is -2.27. The maximum atomic E-state index is 11.2. The molecule has 6 nitrogen and oxygen atoms in total. The Bertz CT molecular complexity index is 1200. The average Bonchev–Trinajstić information content (AvgIpc) is 3.28. The summed E-state index contributed by atoms with van der Waals surface area (Å²) < 4.78 is 24.7. The van der Waals surface area contributed by atoms with Crippen LogP contribution in [0, 0.1) is 11.8 Å². The lowest BCUT2D eigenvalue weighted by molar-refractivity contribution is -0.109. The van der Waals surface area contributed by atoms with Crippen molar-refractivity contribution in [1.82, 2.24) is 4.90 Å². The van der Waals surface area contributed by atoms with E-state index < -0.39 is 0 Å². The second kappa shape index (κ2) is 11.5. The van der Waals surface area contributed by atoms with Crippen molar-refractivity contribution < 1.29 is 23.7 Å². The van der Waals surface area contributed by atoms with Crippen molar-refractivity contribution in [3.05, 3.63) is 65.3 Å². The van der Waals surface area contributed by atoms with Gasteiger partial charge in [0.15, 0.2) is 0 Å². The standard InChI is InChI=1S/C29H33NO5S/c1-20-17-24(34-16-13-30-11-14-33-15-12-30)8-10-26(20)35-28-25-9-7-23(32-2)18-27(25)36-29(28)22-5-3-21(19-31)4-6-22/h3,5-10,17-21,26H,4,11-16H2,1-2H3. The number of rotatable bonds is 9. The quantitative estimate of drug-likeness (QED) is 0.432. The molecule has 7 heteroatoms. The first-order valence-electron chi connectivity index (χ1n) is 12.6. The molecule has 0 amide bonds. The number of ether oxygens (including phenoxy) is 4. The van der Waals surface area contributed by atoms with Crippen molar-refractivity contribution in [2.75, 3.05) is 46.6 Å². The molecule has 2 aromatic rings. The van der Waals surface area contributed by atoms with E-state index >= 15 is 0 Å². The Hall–Kier alpha value is -2.87. The number of hydrogen-bond acceptors (Lipinski definition) is 7. The number of methoxy groups -OCH3 is 1. The number of thiophene rings is 1. The van der Waals surface area contributed by atoms with Crippen molar-refractivity contribution in [3.63, 3.8) is 0 Å². The number of carbonyl (C=O) groups is 1. The van der Waals surface area contributed by atoms with Crippen LogP contribution in [0.2, 0.25) is 0 Å². The summed E-state index contributed by atoms with van der Waals surface area (Å²) in [7, 11) is 1.68. The van der Waals surface area contributed by atoms with Gasteiger partial charge in [0, 0.05) is 41.6 Å². The highest BCUT2D eigenvalue weighted by molar-refractivity contribution is 7.20. The van der Waals surface area contributed by atoms with Gasteiger partial charge < -0.3 is 23.7 Å². The fraction of sp³-hybridized carbons (Fsp3) is 0.414. The molecule has 1 aliphatic heterocycles. The van der Waals surface area contributed by atoms with Crippen LogP contribution in [0.5, 0.6) is 11.5 Å². The van der Waals surface area contributed by atoms with E-state index in [0.29, 0.717) is 13.0 Å². The minimum atomic E-state index is -0.105. The van der Waals surface area contributed by atoms with Crippen LogP contribution < -0.4 is 9.47 Å². The highest BCUT2D eigenvalue weighted by Gasteiger charge is 2.25. The van der Waals surface area contributed by atoms with Crippen LogP contribution in [0.3, 0.4) is 0 Å². The van der Waals surface area contributed by atoms with Crippen LogP contribution in [0.15, 0.2) is 60.4 Å². The molecule has 3 aliphatic rings. The predicted octanol–water partition coefficient (Wildman–Crippen LogP) is 5.25. The van der Waals surface area contributed by atoms with E-state index in [4.69, 9.17) is 18.9 Å². The molecule has 0 spiro atoms. The molecular formula is C29H33NO5S. The number of benzene rings is 1. The van der Waals surface area contributed by atoms with Gasteiger partial charge in [-0.3, -0.25) is 4.90 Å². The molecule has 1 fully saturated rings. The monoisotopic (exact) mass is 507 g/mol. The molecule has 190 valence electrons. The summed E-state index contributed by atoms with van der Waals surface area (Å²) in [6, 6.07) is 6.09. The minimum Gasteiger partial charge on any atom is -0.497 e. The van der Waals surface area contributed by atoms with Crippen LogP contribution in [-0.4, -0.2) is 63.9 Å². The van der Waals surface area contributed by atoms with Crippen molar-refractivity contribution >= 4 is 33.3 Å². The van der Waals surface area contributed by atoms with E-state index in [-0.39, 0.29) is 17.9 Å². The van der Waals surface area contributed by atoms with Crippen LogP contribution in [0.4, 0.5) is 0 Å². The summed E-state index contributed by atoms with van der Waals surface area (Å²) in [6.45, 7) is 7.26. The van der Waals surface area contributed by atoms with Gasteiger partial charge in [0.25, 0.3) is 0 Å². The smallest absolute Gasteiger partial charge is 0.146 e. The number of fused-ring (bicyclic) bond motifs is 1. The first-order valence-corrected chi connectivity index (χ1v) is 13.4. The molecule has 36 heavy (non-hydrogen) atoms. The molecule has 1 aromatic carbocycles. The Kier molecular flexibility index (Phi) is 7.90. The molecule has 0 N–H and O–H groups in total. The van der Waals surface area contributed by atoms with Gasteiger partial charge in [-0.25, -0.2) is 0 Å². The lowest BCUT2D eigenvalue weighted by Crippen LogP contribution is -2.38. The fourth-order valence-electron chi connectivity index (χ4n) is 4.66. The van der Waals surface area contributed by atoms with E-state index in [1.54, 1.807) is 18.4 Å². The van der Waals surface area contributed by atoms with Gasteiger partial charge in [-0.2, -0.15) is 0 Å². The summed E-state index contributed by atoms with van der Waals surface area (Å²) in [6.07, 6.45) is 14.0. The molecule has 1 saturated heterocycles. The second-order valence-corrected chi connectivity index (χ2v) is 10.4. The number of carbonyl (C=O) groups excluding carboxylic acids is 1. The Morgan fingerprint density at radius 1 is 1.19 bits per heavy atom. The third-order valence-corrected chi connectivity index (χ3v) is 8.03. The van der Waals surface area contributed by atoms with Gasteiger partial charge in [-0.05, 0) is 48.4 Å². The van der Waals surface area contributed by atoms with E-state index in [1.807, 2.05) is 24.3 Å². The number of morpholine rings is 1. The topological polar surface area (TPSA) is 57.2 Å². The van der Waals surface area contributed by atoms with Gasteiger partial charge in [-0.15, -0.1) is 11.3 Å². The van der Waals surface area contributed by atoms with E-state index in [1.165, 1.54) is 0 Å². The molecule has 2 heterocycles. The van der Waals surface area contributed by atoms with E-state index in [0.717, 1.165) is 76.9 Å². The SMILES string of the molecule is COc1ccc2c(OC3C=CC(OCCN4CCOCC4)=CC3C)c(C3=CCC(C=O)C=C3)sc2c1. The van der Waals surface area contributed by atoms with Crippen LogP contribution in [-0.2, 0) is 14.3 Å². The van der Waals surface area contributed by atoms with Crippen LogP contribution >= 0.6 is 11.3 Å². The Morgan fingerprint density at radius 3 is 2.78 bits per heavy atom. The average molecular weight is 508 g/mol. The predicted molar refractivity (Wildman–Crippen MR) is 144 cm³/mol. The summed E-state index contributed by atoms with van der Waals surface area (Å²) in [5, 5.41) is 1.07. The molecule has 0 bridgehead atoms. The van der Waals surface area contributed by atoms with Gasteiger partial charge in [-0.1, -0.05) is 25.2 Å². The minimum absolute atomic E-state index is 0.0549. The van der Waals surface area contributed by atoms with Gasteiger partial charge in [0.2, 0.25) is 0 Å². The summed E-state index contributed by atoms with van der Waals surface area (Å²) in [5.41, 5.74) is 1.10. The Morgan fingerprint density at radius 2 is 2.06 bits per heavy atom. The van der Waals surface area contributed by atoms with Gasteiger partial charge in [0.1, 0.15) is 36.3 Å². The maximum Gasteiger partial charge on any atom is 0.146 e. The van der Waals surface area contributed by atoms with Crippen LogP contribution in [0.25, 0.3) is 15.7 Å². The fourth-order valence-corrected chi connectivity index (χ4v) is 5.85. The maximum absolute atomic E-state index is 11.2. The lowest BCUT2D eigenvalue weighted by atomic mass is 9.96. The third kappa shape index (κ3) is 5.59. The second-order valence-electron chi connectivity index (χ2n) is 9.35. The summed E-state index contributed by atoms with van der Waals surface area (Å²) in [4.78, 5) is 14.7. The first kappa shape index (κ1) is 24.8. The Labute approximate surface area is 216 Å². The molecule has 0 radical (unpaired) electrons. The molecular weight excluding hydrogens is 474 g/mol. The highest BCUT2D eigenvalue weighted by atomic mass is 32.1. The Balaban J connectivity index is 1.31. The van der Waals surface area contributed by atoms with Crippen molar-refractivity contribution in [1.29, 1.82) is 0 Å². The van der Waals surface area contributed by atoms with Crippen molar-refractivity contribution in [2.45, 2.75) is 19.4 Å². The zero-order chi connectivity index (χ0) is 24.9. The number of allylic oxidation sites excluding steroid dienone is 5. The summed E-state index contributed by atoms with van der Waals surface area (Å²) >= 11 is 1.69. The third-order valence-electron chi connectivity index (χ3n) is 6.85. The van der Waals surface area contributed by atoms with Crippen molar-refractivity contribution in [2.24, 2.45) is 11.8 Å². The highest BCUT2D eigenvalue weighted by Crippen LogP contribution is 2.45. The molecule has 2 aliphatic carbocycles. The molecule has 3 unspecified atom stereocenters. The van der Waals surface area contributed by atoms with Gasteiger partial charge >= 0.3 is 0 Å². The normalized spacial score (nSPS) is 24.3. The first-order chi connectivity index (χ1) is 17.6. The molecule has 0 saturated carbocycles. The molecule has 1 aromatic heterocycles. The zero-order valence-electron chi connectivity index (χ0n) is 20.9. The summed E-state index contributed by atoms with van der Waals surface area (Å²) in [5.74, 6) is 2.70. The molecule has 5 rings (SSSR count). The van der Waals surface area contributed by atoms with E-state index in [9.17, 15) is 4.79 Å². The number of aldehydes is 1. The van der Waals surface area contributed by atoms with Crippen molar-refractivity contribution in [3.8, 4) is 11.5 Å². The molecule has 3 atom stereocenters. The zero-order valence-corrected chi connectivity index (χ0v) is 21.7. The largest absolute Gasteiger partial charge is 0.497 e. The van der Waals surface area contributed by atoms with Crippen LogP contribution in [0.1, 0.15) is 18.2 Å². The number of nitrogens with zero attached hydrogens (tertiary/aromatic N) is 1.